The van der Waals surface area contributed by atoms with Gasteiger partial charge in [0, 0.05) is 5.02 Å². The first-order chi connectivity index (χ1) is 10.9. The summed E-state index contributed by atoms with van der Waals surface area (Å²) in [5.74, 6) is 0.0418. The molecule has 0 aliphatic heterocycles. The Morgan fingerprint density at radius 3 is 2.30 bits per heavy atom. The van der Waals surface area contributed by atoms with Gasteiger partial charge in [-0.3, -0.25) is 4.79 Å². The van der Waals surface area contributed by atoms with Gasteiger partial charge in [0.1, 0.15) is 0 Å². The van der Waals surface area contributed by atoms with Gasteiger partial charge in [-0.1, -0.05) is 68.2 Å². The molecule has 0 saturated carbocycles. The average molecular weight is 350 g/mol. The fourth-order valence-corrected chi connectivity index (χ4v) is 2.86. The third-order valence-electron chi connectivity index (χ3n) is 3.87. The molecule has 0 aliphatic carbocycles. The Balaban J connectivity index is 2.24. The van der Waals surface area contributed by atoms with Crippen LogP contribution in [0.25, 0.3) is 0 Å². The zero-order valence-electron chi connectivity index (χ0n) is 13.6. The van der Waals surface area contributed by atoms with E-state index in [-0.39, 0.29) is 17.9 Å². The van der Waals surface area contributed by atoms with Crippen molar-refractivity contribution in [2.24, 2.45) is 5.92 Å². The van der Waals surface area contributed by atoms with Crippen molar-refractivity contribution >= 4 is 29.1 Å². The minimum atomic E-state index is -0.212. The van der Waals surface area contributed by atoms with Crippen LogP contribution in [0, 0.1) is 5.92 Å². The first-order valence-corrected chi connectivity index (χ1v) is 8.52. The number of carbonyl (C=O) groups is 1. The molecule has 0 fully saturated rings. The third-order valence-corrected chi connectivity index (χ3v) is 4.44. The Morgan fingerprint density at radius 1 is 1.09 bits per heavy atom. The van der Waals surface area contributed by atoms with Crippen LogP contribution in [-0.4, -0.2) is 5.91 Å². The number of halogens is 2. The summed E-state index contributed by atoms with van der Waals surface area (Å²) in [6, 6.07) is 13.2. The number of rotatable bonds is 5. The monoisotopic (exact) mass is 349 g/mol. The quantitative estimate of drug-likeness (QED) is 0.738. The lowest BCUT2D eigenvalue weighted by atomic mass is 9.94. The number of hydrogen-bond donors (Lipinski definition) is 1. The molecule has 0 heterocycles. The zero-order chi connectivity index (χ0) is 17.0. The average Bonchev–Trinajstić information content (AvgIpc) is 2.54. The van der Waals surface area contributed by atoms with E-state index in [0.29, 0.717) is 15.6 Å². The summed E-state index contributed by atoms with van der Waals surface area (Å²) < 4.78 is 0. The Kier molecular flexibility index (Phi) is 6.09. The SMILES string of the molecule is CCc1ccc(C(NC(=O)c2cc(Cl)ccc2Cl)C(C)C)cc1. The van der Waals surface area contributed by atoms with Crippen LogP contribution >= 0.6 is 23.2 Å². The lowest BCUT2D eigenvalue weighted by molar-refractivity contribution is 0.0925. The maximum absolute atomic E-state index is 12.6. The summed E-state index contributed by atoms with van der Waals surface area (Å²) in [5, 5.41) is 3.96. The minimum Gasteiger partial charge on any atom is -0.345 e. The van der Waals surface area contributed by atoms with E-state index in [1.807, 2.05) is 0 Å². The van der Waals surface area contributed by atoms with Crippen molar-refractivity contribution in [1.29, 1.82) is 0 Å². The molecule has 0 aliphatic rings. The van der Waals surface area contributed by atoms with Crippen molar-refractivity contribution in [1.82, 2.24) is 5.32 Å². The molecule has 1 atom stereocenters. The van der Waals surface area contributed by atoms with Gasteiger partial charge in [-0.2, -0.15) is 0 Å². The van der Waals surface area contributed by atoms with Gasteiger partial charge in [-0.05, 0) is 41.7 Å². The number of aryl methyl sites for hydroxylation is 1. The predicted octanol–water partition coefficient (Wildman–Crippen LogP) is 5.68. The molecule has 0 saturated heterocycles. The molecule has 0 spiro atoms. The maximum Gasteiger partial charge on any atom is 0.253 e. The van der Waals surface area contributed by atoms with Gasteiger partial charge < -0.3 is 5.32 Å². The van der Waals surface area contributed by atoms with Gasteiger partial charge >= 0.3 is 0 Å². The van der Waals surface area contributed by atoms with Crippen molar-refractivity contribution in [3.05, 3.63) is 69.2 Å². The highest BCUT2D eigenvalue weighted by Crippen LogP contribution is 2.25. The first kappa shape index (κ1) is 17.8. The highest BCUT2D eigenvalue weighted by molar-refractivity contribution is 6.35. The van der Waals surface area contributed by atoms with Gasteiger partial charge in [0.2, 0.25) is 0 Å². The Hall–Kier alpha value is -1.51. The molecule has 0 aromatic heterocycles. The number of carbonyl (C=O) groups excluding carboxylic acids is 1. The molecule has 1 amide bonds. The summed E-state index contributed by atoms with van der Waals surface area (Å²) in [6.45, 7) is 6.29. The second kappa shape index (κ2) is 7.85. The molecular weight excluding hydrogens is 329 g/mol. The van der Waals surface area contributed by atoms with Crippen molar-refractivity contribution in [3.63, 3.8) is 0 Å². The van der Waals surface area contributed by atoms with E-state index < -0.39 is 0 Å². The van der Waals surface area contributed by atoms with Crippen LogP contribution in [0.2, 0.25) is 10.0 Å². The molecule has 122 valence electrons. The molecule has 2 aromatic carbocycles. The molecule has 0 radical (unpaired) electrons. The van der Waals surface area contributed by atoms with Crippen LogP contribution in [0.1, 0.15) is 48.3 Å². The predicted molar refractivity (Wildman–Crippen MR) is 97.3 cm³/mol. The molecule has 1 N–H and O–H groups in total. The molecule has 23 heavy (non-hydrogen) atoms. The van der Waals surface area contributed by atoms with Gasteiger partial charge in [0.25, 0.3) is 5.91 Å². The summed E-state index contributed by atoms with van der Waals surface area (Å²) >= 11 is 12.1. The molecule has 2 aromatic rings. The molecular formula is C19H21Cl2NO. The fraction of sp³-hybridized carbons (Fsp3) is 0.316. The molecule has 4 heteroatoms. The van der Waals surface area contributed by atoms with Crippen LogP contribution in [0.4, 0.5) is 0 Å². The largest absolute Gasteiger partial charge is 0.345 e. The normalized spacial score (nSPS) is 12.3. The van der Waals surface area contributed by atoms with Gasteiger partial charge in [0.15, 0.2) is 0 Å². The van der Waals surface area contributed by atoms with Gasteiger partial charge in [0.05, 0.1) is 16.6 Å². The van der Waals surface area contributed by atoms with Crippen LogP contribution in [0.15, 0.2) is 42.5 Å². The minimum absolute atomic E-state index is 0.0801. The number of amides is 1. The zero-order valence-corrected chi connectivity index (χ0v) is 15.1. The smallest absolute Gasteiger partial charge is 0.253 e. The van der Waals surface area contributed by atoms with Crippen molar-refractivity contribution in [2.45, 2.75) is 33.2 Å². The van der Waals surface area contributed by atoms with Crippen LogP contribution in [0.3, 0.4) is 0 Å². The van der Waals surface area contributed by atoms with E-state index in [1.54, 1.807) is 18.2 Å². The lowest BCUT2D eigenvalue weighted by Crippen LogP contribution is -2.32. The van der Waals surface area contributed by atoms with E-state index in [9.17, 15) is 4.79 Å². The van der Waals surface area contributed by atoms with Crippen molar-refractivity contribution in [2.75, 3.05) is 0 Å². The number of nitrogens with one attached hydrogen (secondary N) is 1. The van der Waals surface area contributed by atoms with Gasteiger partial charge in [-0.25, -0.2) is 0 Å². The van der Waals surface area contributed by atoms with Crippen molar-refractivity contribution < 1.29 is 4.79 Å². The fourth-order valence-electron chi connectivity index (χ4n) is 2.49. The maximum atomic E-state index is 12.6. The molecule has 2 nitrogen and oxygen atoms in total. The first-order valence-electron chi connectivity index (χ1n) is 7.77. The molecule has 0 bridgehead atoms. The Bertz CT molecular complexity index is 680. The van der Waals surface area contributed by atoms with Crippen LogP contribution in [0.5, 0.6) is 0 Å². The van der Waals surface area contributed by atoms with E-state index >= 15 is 0 Å². The summed E-state index contributed by atoms with van der Waals surface area (Å²) in [7, 11) is 0. The van der Waals surface area contributed by atoms with E-state index in [2.05, 4.69) is 50.4 Å². The number of benzene rings is 2. The second-order valence-corrected chi connectivity index (χ2v) is 6.76. The highest BCUT2D eigenvalue weighted by atomic mass is 35.5. The summed E-state index contributed by atoms with van der Waals surface area (Å²) in [4.78, 5) is 12.6. The summed E-state index contributed by atoms with van der Waals surface area (Å²) in [6.07, 6.45) is 0.997. The second-order valence-electron chi connectivity index (χ2n) is 5.91. The van der Waals surface area contributed by atoms with Gasteiger partial charge in [-0.15, -0.1) is 0 Å². The molecule has 1 unspecified atom stereocenters. The van der Waals surface area contributed by atoms with E-state index in [4.69, 9.17) is 23.2 Å². The number of hydrogen-bond acceptors (Lipinski definition) is 1. The topological polar surface area (TPSA) is 29.1 Å². The lowest BCUT2D eigenvalue weighted by Gasteiger charge is -2.23. The van der Waals surface area contributed by atoms with Crippen LogP contribution < -0.4 is 5.32 Å². The van der Waals surface area contributed by atoms with E-state index in [0.717, 1.165) is 12.0 Å². The Labute approximate surface area is 147 Å². The van der Waals surface area contributed by atoms with Crippen molar-refractivity contribution in [3.8, 4) is 0 Å². The standard InChI is InChI=1S/C19H21Cl2NO/c1-4-13-5-7-14(8-6-13)18(12(2)3)22-19(23)16-11-15(20)9-10-17(16)21/h5-12,18H,4H2,1-3H3,(H,22,23). The third kappa shape index (κ3) is 4.49. The molecule has 2 rings (SSSR count). The van der Waals surface area contributed by atoms with Crippen LogP contribution in [-0.2, 0) is 6.42 Å². The highest BCUT2D eigenvalue weighted by Gasteiger charge is 2.20. The summed E-state index contributed by atoms with van der Waals surface area (Å²) in [5.41, 5.74) is 2.76. The Morgan fingerprint density at radius 2 is 1.74 bits per heavy atom. The van der Waals surface area contributed by atoms with E-state index in [1.165, 1.54) is 5.56 Å².